The summed E-state index contributed by atoms with van der Waals surface area (Å²) in [6.07, 6.45) is 0. The van der Waals surface area contributed by atoms with Crippen LogP contribution in [0.5, 0.6) is 0 Å². The molecule has 0 aliphatic heterocycles. The molecule has 25 heavy (non-hydrogen) atoms. The van der Waals surface area contributed by atoms with Crippen molar-refractivity contribution in [3.8, 4) is 0 Å². The molecule has 0 amide bonds. The topological polar surface area (TPSA) is 0 Å². The van der Waals surface area contributed by atoms with Crippen LogP contribution in [0.4, 0.5) is 0 Å². The van der Waals surface area contributed by atoms with E-state index in [0.29, 0.717) is 0 Å². The Kier molecular flexibility index (Phi) is 5.76. The molecule has 0 heterocycles. The monoisotopic (exact) mass is 406 g/mol. The molecule has 3 aromatic carbocycles. The van der Waals surface area contributed by atoms with Gasteiger partial charge in [0.05, 0.1) is 0 Å². The molecule has 3 rings (SSSR count). The van der Waals surface area contributed by atoms with Crippen LogP contribution in [0.1, 0.15) is 16.7 Å². The number of hydrogen-bond acceptors (Lipinski definition) is 0. The van der Waals surface area contributed by atoms with Crippen molar-refractivity contribution in [3.63, 3.8) is 0 Å². The van der Waals surface area contributed by atoms with Gasteiger partial charge in [-0.3, -0.25) is 0 Å². The minimum Gasteiger partial charge on any atom is -0.0843 e. The quantitative estimate of drug-likeness (QED) is 0.445. The van der Waals surface area contributed by atoms with E-state index in [-0.39, 0.29) is 0 Å². The molecule has 3 aromatic rings. The fraction of sp³-hybridized carbons (Fsp3) is 0.143. The smallest absolute Gasteiger partial charge is 0.0412 e. The Balaban J connectivity index is 2.34. The Morgan fingerprint density at radius 3 is 1.08 bits per heavy atom. The van der Waals surface area contributed by atoms with Crippen LogP contribution >= 0.6 is 42.7 Å². The maximum atomic E-state index is 6.34. The summed E-state index contributed by atoms with van der Waals surface area (Å²) in [6, 6.07) is 18.2. The van der Waals surface area contributed by atoms with E-state index >= 15 is 0 Å². The fourth-order valence-electron chi connectivity index (χ4n) is 2.86. The van der Waals surface area contributed by atoms with Gasteiger partial charge in [0, 0.05) is 15.1 Å². The summed E-state index contributed by atoms with van der Waals surface area (Å²) < 4.78 is 0. The molecule has 0 aliphatic carbocycles. The molecule has 0 unspecified atom stereocenters. The number of aryl methyl sites for hydroxylation is 3. The van der Waals surface area contributed by atoms with Gasteiger partial charge in [-0.15, -0.1) is 0 Å². The van der Waals surface area contributed by atoms with Crippen molar-refractivity contribution in [2.45, 2.75) is 20.8 Å². The third-order valence-electron chi connectivity index (χ3n) is 4.24. The van der Waals surface area contributed by atoms with Crippen LogP contribution in [0.25, 0.3) is 0 Å². The van der Waals surface area contributed by atoms with Crippen LogP contribution in [-0.4, -0.2) is 0 Å². The van der Waals surface area contributed by atoms with Gasteiger partial charge in [0.15, 0.2) is 0 Å². The van der Waals surface area contributed by atoms with Gasteiger partial charge in [-0.1, -0.05) is 53.0 Å². The van der Waals surface area contributed by atoms with Gasteiger partial charge in [-0.25, -0.2) is 0 Å². The van der Waals surface area contributed by atoms with E-state index in [9.17, 15) is 0 Å². The minimum absolute atomic E-state index is 0.743. The molecule has 0 nitrogen and oxygen atoms in total. The highest BCUT2D eigenvalue weighted by molar-refractivity contribution is 7.80. The van der Waals surface area contributed by atoms with Crippen LogP contribution in [-0.2, 0) is 0 Å². The normalized spacial score (nSPS) is 11.2. The second kappa shape index (κ2) is 7.68. The lowest BCUT2D eigenvalue weighted by Crippen LogP contribution is -2.25. The number of halogens is 3. The summed E-state index contributed by atoms with van der Waals surface area (Å²) in [6.45, 7) is 6.38. The van der Waals surface area contributed by atoms with Crippen LogP contribution in [0, 0.1) is 20.8 Å². The van der Waals surface area contributed by atoms with E-state index < -0.39 is 7.92 Å². The van der Waals surface area contributed by atoms with Crippen molar-refractivity contribution in [2.75, 3.05) is 0 Å². The molecular formula is C21H18Cl3P. The summed E-state index contributed by atoms with van der Waals surface area (Å²) in [5, 5.41) is 5.93. The molecule has 0 saturated carbocycles. The van der Waals surface area contributed by atoms with E-state index in [1.807, 2.05) is 18.2 Å². The summed E-state index contributed by atoms with van der Waals surface area (Å²) in [5.41, 5.74) is 3.65. The van der Waals surface area contributed by atoms with Gasteiger partial charge in [-0.05, 0) is 97.7 Å². The second-order valence-electron chi connectivity index (χ2n) is 6.13. The molecule has 0 atom stereocenters. The van der Waals surface area contributed by atoms with Gasteiger partial charge in [0.2, 0.25) is 0 Å². The van der Waals surface area contributed by atoms with Gasteiger partial charge < -0.3 is 0 Å². The average molecular weight is 408 g/mol. The van der Waals surface area contributed by atoms with Crippen LogP contribution < -0.4 is 15.9 Å². The first-order valence-corrected chi connectivity index (χ1v) is 10.4. The molecule has 4 heteroatoms. The largest absolute Gasteiger partial charge is 0.0843 e. The van der Waals surface area contributed by atoms with Crippen molar-refractivity contribution < 1.29 is 0 Å². The first-order valence-electron chi connectivity index (χ1n) is 7.95. The van der Waals surface area contributed by atoms with Crippen molar-refractivity contribution in [2.24, 2.45) is 0 Å². The SMILES string of the molecule is Cc1ccc(Cl)cc1P(c1cc(Cl)ccc1C)c1cc(Cl)ccc1C. The van der Waals surface area contributed by atoms with Gasteiger partial charge in [0.1, 0.15) is 0 Å². The predicted molar refractivity (Wildman–Crippen MR) is 114 cm³/mol. The standard InChI is InChI=1S/C21H18Cl3P/c1-13-4-7-16(22)10-19(13)25(20-11-17(23)8-5-14(20)2)21-12-18(24)9-6-15(21)3/h4-12H,1-3H3. The predicted octanol–water partition coefficient (Wildman–Crippen LogP) is 6.33. The first kappa shape index (κ1) is 18.7. The number of rotatable bonds is 3. The summed E-state index contributed by atoms with van der Waals surface area (Å²) in [7, 11) is -0.810. The summed E-state index contributed by atoms with van der Waals surface area (Å²) in [4.78, 5) is 0. The Bertz CT molecular complexity index is 812. The Morgan fingerprint density at radius 1 is 0.520 bits per heavy atom. The number of hydrogen-bond donors (Lipinski definition) is 0. The zero-order valence-electron chi connectivity index (χ0n) is 14.3. The molecule has 0 radical (unpaired) electrons. The van der Waals surface area contributed by atoms with Gasteiger partial charge in [-0.2, -0.15) is 0 Å². The van der Waals surface area contributed by atoms with Crippen molar-refractivity contribution >= 4 is 58.6 Å². The molecule has 0 N–H and O–H groups in total. The van der Waals surface area contributed by atoms with E-state index in [4.69, 9.17) is 34.8 Å². The minimum atomic E-state index is -0.810. The van der Waals surface area contributed by atoms with Crippen LogP contribution in [0.15, 0.2) is 54.6 Å². The maximum Gasteiger partial charge on any atom is 0.0412 e. The van der Waals surface area contributed by atoms with E-state index in [1.165, 1.54) is 32.6 Å². The Morgan fingerprint density at radius 2 is 0.800 bits per heavy atom. The van der Waals surface area contributed by atoms with Gasteiger partial charge >= 0.3 is 0 Å². The second-order valence-corrected chi connectivity index (χ2v) is 9.55. The van der Waals surface area contributed by atoms with Crippen molar-refractivity contribution in [1.82, 2.24) is 0 Å². The molecule has 0 fully saturated rings. The maximum absolute atomic E-state index is 6.34. The zero-order valence-corrected chi connectivity index (χ0v) is 17.4. The molecule has 0 saturated heterocycles. The lowest BCUT2D eigenvalue weighted by Gasteiger charge is -2.25. The lowest BCUT2D eigenvalue weighted by atomic mass is 10.2. The van der Waals surface area contributed by atoms with E-state index in [2.05, 4.69) is 57.2 Å². The number of benzene rings is 3. The third kappa shape index (κ3) is 4.04. The van der Waals surface area contributed by atoms with Crippen molar-refractivity contribution in [3.05, 3.63) is 86.4 Å². The molecule has 0 bridgehead atoms. The Hall–Kier alpha value is -1.04. The van der Waals surface area contributed by atoms with Crippen LogP contribution in [0.2, 0.25) is 15.1 Å². The summed E-state index contributed by atoms with van der Waals surface area (Å²) >= 11 is 19.0. The molecule has 0 aliphatic rings. The highest BCUT2D eigenvalue weighted by Gasteiger charge is 2.22. The molecule has 0 aromatic heterocycles. The highest BCUT2D eigenvalue weighted by Crippen LogP contribution is 2.38. The average Bonchev–Trinajstić information content (AvgIpc) is 2.57. The van der Waals surface area contributed by atoms with Gasteiger partial charge in [0.25, 0.3) is 0 Å². The zero-order chi connectivity index (χ0) is 18.1. The molecule has 0 spiro atoms. The highest BCUT2D eigenvalue weighted by atomic mass is 35.5. The molecule has 128 valence electrons. The van der Waals surface area contributed by atoms with E-state index in [1.54, 1.807) is 0 Å². The fourth-order valence-corrected chi connectivity index (χ4v) is 6.47. The first-order chi connectivity index (χ1) is 11.9. The van der Waals surface area contributed by atoms with E-state index in [0.717, 1.165) is 15.1 Å². The third-order valence-corrected chi connectivity index (χ3v) is 7.83. The summed E-state index contributed by atoms with van der Waals surface area (Å²) in [5.74, 6) is 0. The lowest BCUT2D eigenvalue weighted by molar-refractivity contribution is 1.49. The van der Waals surface area contributed by atoms with Crippen LogP contribution in [0.3, 0.4) is 0 Å². The Labute approximate surface area is 165 Å². The van der Waals surface area contributed by atoms with Crippen molar-refractivity contribution in [1.29, 1.82) is 0 Å². The molecular weight excluding hydrogens is 390 g/mol.